The number of ether oxygens (including phenoxy) is 2. The number of halogens is 1. The maximum atomic E-state index is 10.9. The molecule has 5 nitrogen and oxygen atoms in total. The first-order chi connectivity index (χ1) is 9.51. The van der Waals surface area contributed by atoms with Crippen LogP contribution in [0, 0.1) is 6.92 Å². The van der Waals surface area contributed by atoms with Crippen molar-refractivity contribution < 1.29 is 19.4 Å². The number of methoxy groups -OCH3 is 1. The van der Waals surface area contributed by atoms with Gasteiger partial charge in [-0.05, 0) is 47.1 Å². The Balaban J connectivity index is 2.35. The van der Waals surface area contributed by atoms with E-state index in [0.717, 1.165) is 10.0 Å². The first-order valence-electron chi connectivity index (χ1n) is 5.72. The monoisotopic (exact) mass is 337 g/mol. The molecule has 0 radical (unpaired) electrons. The highest BCUT2D eigenvalue weighted by molar-refractivity contribution is 9.10. The van der Waals surface area contributed by atoms with E-state index < -0.39 is 5.97 Å². The minimum absolute atomic E-state index is 0.134. The van der Waals surface area contributed by atoms with Crippen molar-refractivity contribution in [3.05, 3.63) is 46.1 Å². The summed E-state index contributed by atoms with van der Waals surface area (Å²) in [5.41, 5.74) is 0.985. The molecule has 6 heteroatoms. The second kappa shape index (κ2) is 5.92. The SMILES string of the molecule is COc1cc(C(=O)O)ccc1Oc1ncc(Br)cc1C. The molecule has 20 heavy (non-hydrogen) atoms. The second-order valence-corrected chi connectivity index (χ2v) is 4.96. The van der Waals surface area contributed by atoms with Gasteiger partial charge in [0.15, 0.2) is 11.5 Å². The van der Waals surface area contributed by atoms with Gasteiger partial charge in [0, 0.05) is 16.2 Å². The molecule has 0 bridgehead atoms. The third-order valence-corrected chi connectivity index (χ3v) is 3.05. The van der Waals surface area contributed by atoms with E-state index in [2.05, 4.69) is 20.9 Å². The van der Waals surface area contributed by atoms with Gasteiger partial charge in [0.1, 0.15) is 0 Å². The van der Waals surface area contributed by atoms with Crippen LogP contribution in [0.2, 0.25) is 0 Å². The second-order valence-electron chi connectivity index (χ2n) is 4.05. The van der Waals surface area contributed by atoms with Gasteiger partial charge in [-0.3, -0.25) is 0 Å². The predicted molar refractivity (Wildman–Crippen MR) is 76.7 cm³/mol. The lowest BCUT2D eigenvalue weighted by Gasteiger charge is -2.11. The molecule has 0 fully saturated rings. The minimum atomic E-state index is -1.02. The standard InChI is InChI=1S/C14H12BrNO4/c1-8-5-10(15)7-16-13(8)20-11-4-3-9(14(17)18)6-12(11)19-2/h3-7H,1-2H3,(H,17,18). The highest BCUT2D eigenvalue weighted by atomic mass is 79.9. The maximum absolute atomic E-state index is 10.9. The van der Waals surface area contributed by atoms with Gasteiger partial charge in [0.2, 0.25) is 5.88 Å². The average molecular weight is 338 g/mol. The molecule has 104 valence electrons. The Labute approximate surface area is 124 Å². The molecule has 0 aliphatic heterocycles. The molecule has 0 saturated carbocycles. The summed E-state index contributed by atoms with van der Waals surface area (Å²) < 4.78 is 11.7. The van der Waals surface area contributed by atoms with Crippen molar-refractivity contribution in [1.82, 2.24) is 4.98 Å². The van der Waals surface area contributed by atoms with Crippen LogP contribution in [0.1, 0.15) is 15.9 Å². The first-order valence-corrected chi connectivity index (χ1v) is 6.52. The van der Waals surface area contributed by atoms with E-state index in [4.69, 9.17) is 14.6 Å². The third-order valence-electron chi connectivity index (χ3n) is 2.61. The summed E-state index contributed by atoms with van der Waals surface area (Å²) >= 11 is 3.33. The molecule has 2 rings (SSSR count). The number of carboxylic acids is 1. The van der Waals surface area contributed by atoms with E-state index >= 15 is 0 Å². The number of rotatable bonds is 4. The number of carboxylic acid groups (broad SMARTS) is 1. The van der Waals surface area contributed by atoms with Crippen LogP contribution < -0.4 is 9.47 Å². The highest BCUT2D eigenvalue weighted by Crippen LogP contribution is 2.33. The van der Waals surface area contributed by atoms with Gasteiger partial charge in [0.05, 0.1) is 12.7 Å². The molecule has 1 aromatic heterocycles. The van der Waals surface area contributed by atoms with Crippen LogP contribution >= 0.6 is 15.9 Å². The van der Waals surface area contributed by atoms with Crippen LogP contribution in [0.25, 0.3) is 0 Å². The van der Waals surface area contributed by atoms with Gasteiger partial charge in [-0.1, -0.05) is 0 Å². The van der Waals surface area contributed by atoms with E-state index in [9.17, 15) is 4.79 Å². The van der Waals surface area contributed by atoms with Gasteiger partial charge in [-0.25, -0.2) is 9.78 Å². The molecule has 1 N–H and O–H groups in total. The van der Waals surface area contributed by atoms with Crippen molar-refractivity contribution in [2.75, 3.05) is 7.11 Å². The fourth-order valence-corrected chi connectivity index (χ4v) is 2.07. The number of carbonyl (C=O) groups is 1. The number of aromatic carboxylic acids is 1. The van der Waals surface area contributed by atoms with Crippen LogP contribution in [0.5, 0.6) is 17.4 Å². The van der Waals surface area contributed by atoms with Crippen LogP contribution in [0.15, 0.2) is 34.9 Å². The number of hydrogen-bond donors (Lipinski definition) is 1. The van der Waals surface area contributed by atoms with Crippen LogP contribution in [-0.2, 0) is 0 Å². The Morgan fingerprint density at radius 3 is 2.65 bits per heavy atom. The first kappa shape index (κ1) is 14.3. The molecular weight excluding hydrogens is 326 g/mol. The van der Waals surface area contributed by atoms with Crippen molar-refractivity contribution in [1.29, 1.82) is 0 Å². The number of nitrogens with zero attached hydrogens (tertiary/aromatic N) is 1. The zero-order valence-electron chi connectivity index (χ0n) is 10.9. The lowest BCUT2D eigenvalue weighted by atomic mass is 10.2. The van der Waals surface area contributed by atoms with Gasteiger partial charge in [0.25, 0.3) is 0 Å². The summed E-state index contributed by atoms with van der Waals surface area (Å²) in [6.45, 7) is 1.87. The molecule has 0 aliphatic carbocycles. The van der Waals surface area contributed by atoms with E-state index in [1.54, 1.807) is 12.3 Å². The fraction of sp³-hybridized carbons (Fsp3) is 0.143. The average Bonchev–Trinajstić information content (AvgIpc) is 2.42. The Kier molecular flexibility index (Phi) is 4.24. The van der Waals surface area contributed by atoms with Crippen LogP contribution in [0.3, 0.4) is 0 Å². The van der Waals surface area contributed by atoms with Gasteiger partial charge in [-0.2, -0.15) is 0 Å². The molecule has 0 saturated heterocycles. The van der Waals surface area contributed by atoms with E-state index in [1.165, 1.54) is 19.2 Å². The van der Waals surface area contributed by atoms with Crippen molar-refractivity contribution in [2.24, 2.45) is 0 Å². The Bertz CT molecular complexity index is 658. The number of pyridine rings is 1. The lowest BCUT2D eigenvalue weighted by Crippen LogP contribution is -1.99. The largest absolute Gasteiger partial charge is 0.493 e. The fourth-order valence-electron chi connectivity index (χ4n) is 1.62. The molecule has 2 aromatic rings. The molecular formula is C14H12BrNO4. The summed E-state index contributed by atoms with van der Waals surface area (Å²) in [6.07, 6.45) is 1.63. The topological polar surface area (TPSA) is 68.7 Å². The Hall–Kier alpha value is -2.08. The molecule has 0 spiro atoms. The summed E-state index contributed by atoms with van der Waals surface area (Å²) in [5.74, 6) is 0.173. The summed E-state index contributed by atoms with van der Waals surface area (Å²) in [6, 6.07) is 6.28. The normalized spacial score (nSPS) is 10.2. The molecule has 0 unspecified atom stereocenters. The van der Waals surface area contributed by atoms with Crippen molar-refractivity contribution in [2.45, 2.75) is 6.92 Å². The minimum Gasteiger partial charge on any atom is -0.493 e. The smallest absolute Gasteiger partial charge is 0.335 e. The number of hydrogen-bond acceptors (Lipinski definition) is 4. The third kappa shape index (κ3) is 3.08. The van der Waals surface area contributed by atoms with E-state index in [1.807, 2.05) is 13.0 Å². The van der Waals surface area contributed by atoms with Crippen molar-refractivity contribution in [3.63, 3.8) is 0 Å². The summed E-state index contributed by atoms with van der Waals surface area (Å²) in [4.78, 5) is 15.1. The van der Waals surface area contributed by atoms with Gasteiger partial charge < -0.3 is 14.6 Å². The molecule has 1 heterocycles. The summed E-state index contributed by atoms with van der Waals surface area (Å²) in [7, 11) is 1.45. The molecule has 1 aromatic carbocycles. The zero-order chi connectivity index (χ0) is 14.7. The predicted octanol–water partition coefficient (Wildman–Crippen LogP) is 3.65. The van der Waals surface area contributed by atoms with Gasteiger partial charge in [-0.15, -0.1) is 0 Å². The molecule has 0 amide bonds. The summed E-state index contributed by atoms with van der Waals surface area (Å²) in [5, 5.41) is 8.95. The van der Waals surface area contributed by atoms with Crippen LogP contribution in [-0.4, -0.2) is 23.2 Å². The van der Waals surface area contributed by atoms with Crippen LogP contribution in [0.4, 0.5) is 0 Å². The number of aryl methyl sites for hydroxylation is 1. The van der Waals surface area contributed by atoms with Crippen molar-refractivity contribution >= 4 is 21.9 Å². The quantitative estimate of drug-likeness (QED) is 0.922. The van der Waals surface area contributed by atoms with Gasteiger partial charge >= 0.3 is 5.97 Å². The zero-order valence-corrected chi connectivity index (χ0v) is 12.5. The maximum Gasteiger partial charge on any atom is 0.335 e. The number of benzene rings is 1. The molecule has 0 aliphatic rings. The Morgan fingerprint density at radius 2 is 2.05 bits per heavy atom. The number of aromatic nitrogens is 1. The molecule has 0 atom stereocenters. The van der Waals surface area contributed by atoms with Crippen molar-refractivity contribution in [3.8, 4) is 17.4 Å². The highest BCUT2D eigenvalue weighted by Gasteiger charge is 2.12. The Morgan fingerprint density at radius 1 is 1.30 bits per heavy atom. The lowest BCUT2D eigenvalue weighted by molar-refractivity contribution is 0.0696. The van der Waals surface area contributed by atoms with E-state index in [0.29, 0.717) is 17.4 Å². The van der Waals surface area contributed by atoms with E-state index in [-0.39, 0.29) is 5.56 Å².